The molecule has 4 rings (SSSR count). The quantitative estimate of drug-likeness (QED) is 0.530. The largest absolute Gasteiger partial charge is 0.351 e. The van der Waals surface area contributed by atoms with Crippen LogP contribution in [0, 0.1) is 0 Å². The molecular weight excluding hydrogens is 440 g/mol. The molecule has 2 aromatic rings. The number of hydrogen-bond donors (Lipinski definition) is 1. The van der Waals surface area contributed by atoms with Crippen LogP contribution in [0.1, 0.15) is 69.3 Å². The molecule has 32 heavy (non-hydrogen) atoms. The predicted octanol–water partition coefficient (Wildman–Crippen LogP) is 4.81. The van der Waals surface area contributed by atoms with Crippen molar-refractivity contribution >= 4 is 34.9 Å². The second-order valence-electron chi connectivity index (χ2n) is 9.05. The van der Waals surface area contributed by atoms with Crippen molar-refractivity contribution in [2.75, 3.05) is 18.1 Å². The SMILES string of the molecule is CCCSCCCN1C(=O)c2cc(-c3cccs3)nn2CC1(C)C(=O)NC1CCCCC1. The lowest BCUT2D eigenvalue weighted by Gasteiger charge is -2.44. The van der Waals surface area contributed by atoms with Gasteiger partial charge in [0.25, 0.3) is 5.91 Å². The molecule has 0 spiro atoms. The Bertz CT molecular complexity index is 921. The lowest BCUT2D eigenvalue weighted by molar-refractivity contribution is -0.134. The first-order valence-corrected chi connectivity index (χ1v) is 13.9. The van der Waals surface area contributed by atoms with Crippen molar-refractivity contribution in [3.05, 3.63) is 29.3 Å². The van der Waals surface area contributed by atoms with Gasteiger partial charge >= 0.3 is 0 Å². The van der Waals surface area contributed by atoms with Crippen molar-refractivity contribution in [3.8, 4) is 10.6 Å². The average molecular weight is 475 g/mol. The van der Waals surface area contributed by atoms with Crippen molar-refractivity contribution < 1.29 is 9.59 Å². The molecule has 3 heterocycles. The summed E-state index contributed by atoms with van der Waals surface area (Å²) < 4.78 is 1.75. The summed E-state index contributed by atoms with van der Waals surface area (Å²) in [6.07, 6.45) is 7.65. The van der Waals surface area contributed by atoms with Crippen LogP contribution in [0.25, 0.3) is 10.6 Å². The number of carbonyl (C=O) groups is 2. The molecule has 1 unspecified atom stereocenters. The van der Waals surface area contributed by atoms with Gasteiger partial charge in [0.05, 0.1) is 11.4 Å². The minimum atomic E-state index is -0.935. The Balaban J connectivity index is 1.57. The molecule has 0 aromatic carbocycles. The summed E-state index contributed by atoms with van der Waals surface area (Å²) in [4.78, 5) is 30.0. The normalized spacial score (nSPS) is 21.6. The maximum absolute atomic E-state index is 13.6. The van der Waals surface area contributed by atoms with Crippen LogP contribution in [0.2, 0.25) is 0 Å². The van der Waals surface area contributed by atoms with Gasteiger partial charge < -0.3 is 10.2 Å². The smallest absolute Gasteiger partial charge is 0.273 e. The molecule has 6 nitrogen and oxygen atoms in total. The molecule has 1 fully saturated rings. The molecule has 174 valence electrons. The summed E-state index contributed by atoms with van der Waals surface area (Å²) in [5.74, 6) is 1.99. The fraction of sp³-hybridized carbons (Fsp3) is 0.625. The van der Waals surface area contributed by atoms with Crippen LogP contribution in [0.3, 0.4) is 0 Å². The Morgan fingerprint density at radius 3 is 2.84 bits per heavy atom. The van der Waals surface area contributed by atoms with E-state index in [1.54, 1.807) is 16.0 Å². The molecule has 0 saturated heterocycles. The van der Waals surface area contributed by atoms with Crippen LogP contribution in [0.15, 0.2) is 23.6 Å². The highest BCUT2D eigenvalue weighted by molar-refractivity contribution is 7.99. The van der Waals surface area contributed by atoms with Crippen molar-refractivity contribution in [2.24, 2.45) is 0 Å². The molecule has 2 amide bonds. The van der Waals surface area contributed by atoms with Gasteiger partial charge in [-0.15, -0.1) is 11.3 Å². The predicted molar refractivity (Wildman–Crippen MR) is 132 cm³/mol. The van der Waals surface area contributed by atoms with Gasteiger partial charge in [-0.2, -0.15) is 16.9 Å². The van der Waals surface area contributed by atoms with E-state index in [4.69, 9.17) is 5.10 Å². The fourth-order valence-corrected chi connectivity index (χ4v) is 6.20. The zero-order chi connectivity index (χ0) is 22.6. The molecule has 1 atom stereocenters. The zero-order valence-corrected chi connectivity index (χ0v) is 20.8. The summed E-state index contributed by atoms with van der Waals surface area (Å²) in [6.45, 7) is 5.07. The van der Waals surface area contributed by atoms with E-state index >= 15 is 0 Å². The first-order valence-electron chi connectivity index (χ1n) is 11.9. The lowest BCUT2D eigenvalue weighted by atomic mass is 9.91. The second kappa shape index (κ2) is 10.4. The number of rotatable bonds is 9. The van der Waals surface area contributed by atoms with Gasteiger partial charge in [0.15, 0.2) is 0 Å². The highest BCUT2D eigenvalue weighted by Crippen LogP contribution is 2.32. The monoisotopic (exact) mass is 474 g/mol. The Hall–Kier alpha value is -1.80. The Kier molecular flexibility index (Phi) is 7.61. The molecule has 8 heteroatoms. The van der Waals surface area contributed by atoms with Crippen molar-refractivity contribution in [3.63, 3.8) is 0 Å². The van der Waals surface area contributed by atoms with Crippen LogP contribution >= 0.6 is 23.1 Å². The van der Waals surface area contributed by atoms with E-state index in [2.05, 4.69) is 12.2 Å². The maximum atomic E-state index is 13.6. The highest BCUT2D eigenvalue weighted by atomic mass is 32.2. The summed E-state index contributed by atoms with van der Waals surface area (Å²) >= 11 is 3.52. The zero-order valence-electron chi connectivity index (χ0n) is 19.1. The van der Waals surface area contributed by atoms with E-state index in [1.807, 2.05) is 47.2 Å². The number of nitrogens with one attached hydrogen (secondary N) is 1. The standard InChI is InChI=1S/C24H34N4O2S2/c1-3-13-31-14-8-12-27-22(29)20-16-19(21-11-7-15-32-21)26-28(20)17-24(27,2)23(30)25-18-9-5-4-6-10-18/h7,11,15-16,18H,3-6,8-10,12-14,17H2,1-2H3,(H,25,30). The lowest BCUT2D eigenvalue weighted by Crippen LogP contribution is -2.65. The topological polar surface area (TPSA) is 67.2 Å². The van der Waals surface area contributed by atoms with Crippen LogP contribution < -0.4 is 5.32 Å². The minimum absolute atomic E-state index is 0.0437. The summed E-state index contributed by atoms with van der Waals surface area (Å²) in [5, 5.41) is 10.0. The Labute approximate surface area is 199 Å². The molecule has 2 aromatic heterocycles. The van der Waals surface area contributed by atoms with Gasteiger partial charge in [-0.05, 0) is 61.6 Å². The molecule has 0 bridgehead atoms. The average Bonchev–Trinajstić information content (AvgIpc) is 3.46. The van der Waals surface area contributed by atoms with Crippen LogP contribution in [-0.4, -0.2) is 56.1 Å². The van der Waals surface area contributed by atoms with Gasteiger partial charge in [0, 0.05) is 12.6 Å². The summed E-state index contributed by atoms with van der Waals surface area (Å²) in [6, 6.07) is 6.10. The molecule has 1 saturated carbocycles. The van der Waals surface area contributed by atoms with Crippen molar-refractivity contribution in [2.45, 2.75) is 76.9 Å². The van der Waals surface area contributed by atoms with Gasteiger partial charge in [-0.25, -0.2) is 0 Å². The number of nitrogens with zero attached hydrogens (tertiary/aromatic N) is 3. The number of thioether (sulfide) groups is 1. The minimum Gasteiger partial charge on any atom is -0.351 e. The maximum Gasteiger partial charge on any atom is 0.273 e. The molecular formula is C24H34N4O2S2. The third-order valence-corrected chi connectivity index (χ3v) is 8.69. The number of thiophene rings is 1. The number of fused-ring (bicyclic) bond motifs is 1. The molecule has 1 aliphatic carbocycles. The first-order chi connectivity index (χ1) is 15.5. The van der Waals surface area contributed by atoms with Crippen molar-refractivity contribution in [1.82, 2.24) is 20.0 Å². The molecule has 1 aliphatic heterocycles. The number of hydrogen-bond acceptors (Lipinski definition) is 5. The number of carbonyl (C=O) groups excluding carboxylic acids is 2. The van der Waals surface area contributed by atoms with E-state index in [9.17, 15) is 9.59 Å². The highest BCUT2D eigenvalue weighted by Gasteiger charge is 2.48. The first kappa shape index (κ1) is 23.4. The van der Waals surface area contributed by atoms with Crippen LogP contribution in [0.5, 0.6) is 0 Å². The van der Waals surface area contributed by atoms with Crippen LogP contribution in [-0.2, 0) is 11.3 Å². The number of aromatic nitrogens is 2. The van der Waals surface area contributed by atoms with Crippen molar-refractivity contribution in [1.29, 1.82) is 0 Å². The third kappa shape index (κ3) is 4.91. The van der Waals surface area contributed by atoms with Gasteiger partial charge in [0.1, 0.15) is 16.9 Å². The Morgan fingerprint density at radius 1 is 1.31 bits per heavy atom. The van der Waals surface area contributed by atoms with Gasteiger partial charge in [-0.1, -0.05) is 32.3 Å². The Morgan fingerprint density at radius 2 is 2.12 bits per heavy atom. The summed E-state index contributed by atoms with van der Waals surface area (Å²) in [7, 11) is 0. The van der Waals surface area contributed by atoms with E-state index in [-0.39, 0.29) is 17.9 Å². The molecule has 2 aliphatic rings. The molecule has 0 radical (unpaired) electrons. The van der Waals surface area contributed by atoms with E-state index in [0.29, 0.717) is 18.8 Å². The van der Waals surface area contributed by atoms with E-state index in [1.165, 1.54) is 6.42 Å². The van der Waals surface area contributed by atoms with E-state index < -0.39 is 5.54 Å². The van der Waals surface area contributed by atoms with Gasteiger partial charge in [0.2, 0.25) is 5.91 Å². The third-order valence-electron chi connectivity index (χ3n) is 6.52. The second-order valence-corrected chi connectivity index (χ2v) is 11.2. The van der Waals surface area contributed by atoms with E-state index in [0.717, 1.165) is 60.6 Å². The number of amides is 2. The fourth-order valence-electron chi connectivity index (χ4n) is 4.70. The molecule has 1 N–H and O–H groups in total. The van der Waals surface area contributed by atoms with Crippen LogP contribution in [0.4, 0.5) is 0 Å². The summed E-state index contributed by atoms with van der Waals surface area (Å²) in [5.41, 5.74) is 0.451. The van der Waals surface area contributed by atoms with Gasteiger partial charge in [-0.3, -0.25) is 14.3 Å².